The van der Waals surface area contributed by atoms with Gasteiger partial charge in [0.15, 0.2) is 0 Å². The molecule has 1 fully saturated rings. The van der Waals surface area contributed by atoms with E-state index in [1.165, 1.54) is 59.9 Å². The molecule has 1 N–H and O–H groups in total. The van der Waals surface area contributed by atoms with Crippen molar-refractivity contribution in [2.75, 3.05) is 24.9 Å². The van der Waals surface area contributed by atoms with E-state index < -0.39 is 26.0 Å². The second-order valence-corrected chi connectivity index (χ2v) is 10.2. The monoisotopic (exact) mass is 438 g/mol. The van der Waals surface area contributed by atoms with Gasteiger partial charge in [0.2, 0.25) is 10.0 Å². The van der Waals surface area contributed by atoms with Gasteiger partial charge in [0.25, 0.3) is 10.0 Å². The maximum atomic E-state index is 12.7. The summed E-state index contributed by atoms with van der Waals surface area (Å²) >= 11 is 0. The Balaban J connectivity index is 1.79. The SMILES string of the molecule is COC(=O)c1cccc(S(=O)(=O)Nc2ccc(S(=O)(=O)N3CCCCC3)cc2)c1. The van der Waals surface area contributed by atoms with Crippen molar-refractivity contribution in [2.45, 2.75) is 29.1 Å². The van der Waals surface area contributed by atoms with Crippen LogP contribution in [0.5, 0.6) is 0 Å². The lowest BCUT2D eigenvalue weighted by molar-refractivity contribution is 0.0600. The molecule has 2 aromatic rings. The number of rotatable bonds is 6. The van der Waals surface area contributed by atoms with Gasteiger partial charge in [-0.25, -0.2) is 21.6 Å². The number of nitrogens with zero attached hydrogens (tertiary/aromatic N) is 1. The zero-order chi connectivity index (χ0) is 21.1. The third-order valence-electron chi connectivity index (χ3n) is 4.62. The van der Waals surface area contributed by atoms with Crippen molar-refractivity contribution < 1.29 is 26.4 Å². The minimum atomic E-state index is -3.96. The molecule has 0 bridgehead atoms. The summed E-state index contributed by atoms with van der Waals surface area (Å²) in [5, 5.41) is 0. The third-order valence-corrected chi connectivity index (χ3v) is 7.92. The van der Waals surface area contributed by atoms with E-state index in [-0.39, 0.29) is 21.0 Å². The molecule has 0 atom stereocenters. The zero-order valence-electron chi connectivity index (χ0n) is 15.9. The number of carbonyl (C=O) groups excluding carboxylic acids is 1. The molecule has 1 saturated heterocycles. The summed E-state index contributed by atoms with van der Waals surface area (Å²) in [6.07, 6.45) is 2.69. The Kier molecular flexibility index (Phi) is 6.25. The van der Waals surface area contributed by atoms with E-state index in [0.29, 0.717) is 13.1 Å². The number of piperidine rings is 1. The Labute approximate surface area is 170 Å². The summed E-state index contributed by atoms with van der Waals surface area (Å²) in [5.41, 5.74) is 0.324. The van der Waals surface area contributed by atoms with Crippen LogP contribution in [0.1, 0.15) is 29.6 Å². The number of sulfonamides is 2. The van der Waals surface area contributed by atoms with E-state index in [1.807, 2.05) is 0 Å². The topological polar surface area (TPSA) is 110 Å². The molecule has 0 unspecified atom stereocenters. The van der Waals surface area contributed by atoms with Crippen LogP contribution in [-0.2, 0) is 24.8 Å². The molecule has 10 heteroatoms. The maximum absolute atomic E-state index is 12.7. The highest BCUT2D eigenvalue weighted by Gasteiger charge is 2.26. The minimum absolute atomic E-state index is 0.106. The number of anilines is 1. The standard InChI is InChI=1S/C19H22N2O6S2/c1-27-19(22)15-6-5-7-18(14-15)28(23,24)20-16-8-10-17(11-9-16)29(25,26)21-12-3-2-4-13-21/h5-11,14,20H,2-4,12-13H2,1H3. The predicted molar refractivity (Wildman–Crippen MR) is 108 cm³/mol. The molecular weight excluding hydrogens is 416 g/mol. The number of ether oxygens (including phenoxy) is 1. The van der Waals surface area contributed by atoms with Crippen LogP contribution in [0.4, 0.5) is 5.69 Å². The smallest absolute Gasteiger partial charge is 0.337 e. The van der Waals surface area contributed by atoms with Crippen LogP contribution in [-0.4, -0.2) is 47.3 Å². The lowest BCUT2D eigenvalue weighted by atomic mass is 10.2. The van der Waals surface area contributed by atoms with Gasteiger partial charge in [-0.15, -0.1) is 0 Å². The lowest BCUT2D eigenvalue weighted by Gasteiger charge is -2.25. The Morgan fingerprint density at radius 3 is 2.21 bits per heavy atom. The fraction of sp³-hybridized carbons (Fsp3) is 0.316. The summed E-state index contributed by atoms with van der Waals surface area (Å²) in [4.78, 5) is 11.6. The Morgan fingerprint density at radius 1 is 0.931 bits per heavy atom. The van der Waals surface area contributed by atoms with Crippen LogP contribution in [0.2, 0.25) is 0 Å². The van der Waals surface area contributed by atoms with Crippen molar-refractivity contribution in [1.82, 2.24) is 4.31 Å². The van der Waals surface area contributed by atoms with Crippen molar-refractivity contribution in [3.63, 3.8) is 0 Å². The summed E-state index contributed by atoms with van der Waals surface area (Å²) in [5.74, 6) is -0.644. The van der Waals surface area contributed by atoms with Gasteiger partial charge in [-0.05, 0) is 55.3 Å². The highest BCUT2D eigenvalue weighted by Crippen LogP contribution is 2.23. The molecule has 0 aromatic heterocycles. The number of hydrogen-bond acceptors (Lipinski definition) is 6. The van der Waals surface area contributed by atoms with Crippen LogP contribution >= 0.6 is 0 Å². The predicted octanol–water partition coefficient (Wildman–Crippen LogP) is 2.45. The second kappa shape index (κ2) is 8.52. The molecule has 2 aromatic carbocycles. The van der Waals surface area contributed by atoms with E-state index in [4.69, 9.17) is 0 Å². The lowest BCUT2D eigenvalue weighted by Crippen LogP contribution is -2.35. The highest BCUT2D eigenvalue weighted by atomic mass is 32.2. The normalized spacial score (nSPS) is 15.6. The van der Waals surface area contributed by atoms with Gasteiger partial charge in [-0.1, -0.05) is 12.5 Å². The fourth-order valence-corrected chi connectivity index (χ4v) is 5.69. The quantitative estimate of drug-likeness (QED) is 0.694. The van der Waals surface area contributed by atoms with E-state index in [9.17, 15) is 21.6 Å². The average molecular weight is 439 g/mol. The van der Waals surface area contributed by atoms with Gasteiger partial charge in [-0.2, -0.15) is 4.31 Å². The van der Waals surface area contributed by atoms with Gasteiger partial charge < -0.3 is 4.74 Å². The largest absolute Gasteiger partial charge is 0.465 e. The fourth-order valence-electron chi connectivity index (χ4n) is 3.07. The summed E-state index contributed by atoms with van der Waals surface area (Å²) in [6, 6.07) is 11.0. The number of nitrogens with one attached hydrogen (secondary N) is 1. The molecule has 156 valence electrons. The van der Waals surface area contributed by atoms with Crippen molar-refractivity contribution in [3.8, 4) is 0 Å². The minimum Gasteiger partial charge on any atom is -0.465 e. The second-order valence-electron chi connectivity index (χ2n) is 6.61. The Bertz CT molecular complexity index is 1090. The van der Waals surface area contributed by atoms with Gasteiger partial charge in [-0.3, -0.25) is 4.72 Å². The van der Waals surface area contributed by atoms with E-state index in [1.54, 1.807) is 0 Å². The number of methoxy groups -OCH3 is 1. The molecule has 8 nitrogen and oxygen atoms in total. The van der Waals surface area contributed by atoms with Gasteiger partial charge in [0.05, 0.1) is 22.5 Å². The third kappa shape index (κ3) is 4.77. The molecule has 1 aliphatic heterocycles. The first-order chi connectivity index (χ1) is 13.7. The highest BCUT2D eigenvalue weighted by molar-refractivity contribution is 7.92. The molecular formula is C19H22N2O6S2. The number of esters is 1. The Morgan fingerprint density at radius 2 is 1.59 bits per heavy atom. The summed E-state index contributed by atoms with van der Waals surface area (Å²) in [7, 11) is -6.34. The van der Waals surface area contributed by atoms with Crippen molar-refractivity contribution in [3.05, 3.63) is 54.1 Å². The van der Waals surface area contributed by atoms with Crippen LogP contribution in [0.3, 0.4) is 0 Å². The van der Waals surface area contributed by atoms with Gasteiger partial charge in [0, 0.05) is 18.8 Å². The molecule has 0 saturated carbocycles. The first kappa shape index (κ1) is 21.3. The van der Waals surface area contributed by atoms with Crippen LogP contribution in [0.25, 0.3) is 0 Å². The summed E-state index contributed by atoms with van der Waals surface area (Å²) < 4.78 is 59.0. The van der Waals surface area contributed by atoms with E-state index >= 15 is 0 Å². The van der Waals surface area contributed by atoms with Crippen LogP contribution in [0, 0.1) is 0 Å². The molecule has 29 heavy (non-hydrogen) atoms. The molecule has 0 radical (unpaired) electrons. The Hall–Kier alpha value is -2.43. The number of benzene rings is 2. The van der Waals surface area contributed by atoms with E-state index in [2.05, 4.69) is 9.46 Å². The molecule has 3 rings (SSSR count). The van der Waals surface area contributed by atoms with Crippen LogP contribution in [0.15, 0.2) is 58.3 Å². The summed E-state index contributed by atoms with van der Waals surface area (Å²) in [6.45, 7) is 0.987. The van der Waals surface area contributed by atoms with Gasteiger partial charge in [0.1, 0.15) is 0 Å². The van der Waals surface area contributed by atoms with Crippen molar-refractivity contribution in [1.29, 1.82) is 0 Å². The first-order valence-electron chi connectivity index (χ1n) is 9.05. The molecule has 0 aliphatic carbocycles. The molecule has 0 amide bonds. The molecule has 0 spiro atoms. The van der Waals surface area contributed by atoms with Crippen molar-refractivity contribution >= 4 is 31.7 Å². The van der Waals surface area contributed by atoms with E-state index in [0.717, 1.165) is 19.3 Å². The zero-order valence-corrected chi connectivity index (χ0v) is 17.5. The maximum Gasteiger partial charge on any atom is 0.337 e. The average Bonchev–Trinajstić information content (AvgIpc) is 2.74. The van der Waals surface area contributed by atoms with Gasteiger partial charge >= 0.3 is 5.97 Å². The number of carbonyl (C=O) groups is 1. The molecule has 1 heterocycles. The van der Waals surface area contributed by atoms with Crippen LogP contribution < -0.4 is 4.72 Å². The molecule has 1 aliphatic rings. The number of hydrogen-bond donors (Lipinski definition) is 1. The first-order valence-corrected chi connectivity index (χ1v) is 12.0. The van der Waals surface area contributed by atoms with Crippen molar-refractivity contribution in [2.24, 2.45) is 0 Å².